The predicted molar refractivity (Wildman–Crippen MR) is 78.1 cm³/mol. The normalized spacial score (nSPS) is 12.4. The van der Waals surface area contributed by atoms with Crippen LogP contribution < -0.4 is 4.90 Å². The zero-order valence-corrected chi connectivity index (χ0v) is 12.3. The first kappa shape index (κ1) is 13.2. The van der Waals surface area contributed by atoms with Crippen molar-refractivity contribution in [2.24, 2.45) is 0 Å². The van der Waals surface area contributed by atoms with Crippen LogP contribution in [-0.4, -0.2) is 24.4 Å². The van der Waals surface area contributed by atoms with Crippen molar-refractivity contribution in [3.05, 3.63) is 33.0 Å². The number of aryl methyl sites for hydroxylation is 1. The largest absolute Gasteiger partial charge is 0.348 e. The second-order valence-electron chi connectivity index (χ2n) is 4.31. The van der Waals surface area contributed by atoms with Gasteiger partial charge in [-0.1, -0.05) is 17.4 Å². The van der Waals surface area contributed by atoms with E-state index in [1.165, 1.54) is 16.2 Å². The number of likely N-dealkylation sites (N-methyl/N-ethyl adjacent to an activating group) is 1. The molecule has 2 aromatic rings. The minimum atomic E-state index is 0.369. The smallest absolute Gasteiger partial charge is 0.186 e. The molecule has 2 heterocycles. The molecule has 3 nitrogen and oxygen atoms in total. The number of anilines is 1. The van der Waals surface area contributed by atoms with Crippen molar-refractivity contribution in [2.45, 2.75) is 26.3 Å². The average molecular weight is 280 g/mol. The Kier molecular flexibility index (Phi) is 4.14. The Morgan fingerprint density at radius 2 is 2.33 bits per heavy atom. The summed E-state index contributed by atoms with van der Waals surface area (Å²) in [6, 6.07) is 4.60. The van der Waals surface area contributed by atoms with Gasteiger partial charge in [0.25, 0.3) is 0 Å². The zero-order chi connectivity index (χ0) is 13.1. The van der Waals surface area contributed by atoms with E-state index in [4.69, 9.17) is 0 Å². The maximum atomic E-state index is 10.8. The van der Waals surface area contributed by atoms with E-state index < -0.39 is 0 Å². The van der Waals surface area contributed by atoms with Crippen LogP contribution in [0.2, 0.25) is 0 Å². The van der Waals surface area contributed by atoms with E-state index in [0.717, 1.165) is 28.4 Å². The second kappa shape index (κ2) is 5.63. The Hall–Kier alpha value is -1.20. The average Bonchev–Trinajstić information content (AvgIpc) is 2.97. The summed E-state index contributed by atoms with van der Waals surface area (Å²) in [7, 11) is 2.03. The second-order valence-corrected chi connectivity index (χ2v) is 6.35. The SMILES string of the molecule is Cc1nc(N(C)C(C)Cc2cccs2)sc1C=O. The first-order valence-corrected chi connectivity index (χ1v) is 7.49. The third kappa shape index (κ3) is 2.79. The van der Waals surface area contributed by atoms with Crippen LogP contribution in [0.4, 0.5) is 5.13 Å². The number of thiazole rings is 1. The standard InChI is InChI=1S/C13H16N2OS2/c1-9(7-11-5-4-6-17-11)15(3)13-14-10(2)12(8-16)18-13/h4-6,8-9H,7H2,1-3H3. The molecule has 0 bridgehead atoms. The molecule has 1 atom stereocenters. The highest BCUT2D eigenvalue weighted by atomic mass is 32.1. The first-order valence-electron chi connectivity index (χ1n) is 5.79. The van der Waals surface area contributed by atoms with Gasteiger partial charge >= 0.3 is 0 Å². The summed E-state index contributed by atoms with van der Waals surface area (Å²) in [5.41, 5.74) is 0.820. The predicted octanol–water partition coefficient (Wildman–Crippen LogP) is 3.39. The van der Waals surface area contributed by atoms with Crippen molar-refractivity contribution < 1.29 is 4.79 Å². The summed E-state index contributed by atoms with van der Waals surface area (Å²) in [5, 5.41) is 3.01. The van der Waals surface area contributed by atoms with Gasteiger partial charge in [0.2, 0.25) is 0 Å². The molecule has 0 aromatic carbocycles. The topological polar surface area (TPSA) is 33.2 Å². The Labute approximate surface area is 115 Å². The van der Waals surface area contributed by atoms with Crippen LogP contribution in [0.3, 0.4) is 0 Å². The number of thiophene rings is 1. The Morgan fingerprint density at radius 1 is 1.56 bits per heavy atom. The van der Waals surface area contributed by atoms with E-state index in [-0.39, 0.29) is 0 Å². The molecule has 0 saturated heterocycles. The molecule has 2 rings (SSSR count). The van der Waals surface area contributed by atoms with Gasteiger partial charge in [0, 0.05) is 24.4 Å². The molecule has 0 aliphatic carbocycles. The summed E-state index contributed by atoms with van der Waals surface area (Å²) in [6.45, 7) is 4.05. The number of carbonyl (C=O) groups excluding carboxylic acids is 1. The molecule has 0 radical (unpaired) electrons. The Balaban J connectivity index is 2.09. The zero-order valence-electron chi connectivity index (χ0n) is 10.7. The Bertz CT molecular complexity index is 519. The lowest BCUT2D eigenvalue weighted by Gasteiger charge is -2.23. The van der Waals surface area contributed by atoms with Gasteiger partial charge in [-0.15, -0.1) is 11.3 Å². The van der Waals surface area contributed by atoms with Crippen molar-refractivity contribution in [3.63, 3.8) is 0 Å². The van der Waals surface area contributed by atoms with Crippen molar-refractivity contribution in [1.29, 1.82) is 0 Å². The number of hydrogen-bond acceptors (Lipinski definition) is 5. The molecular weight excluding hydrogens is 264 g/mol. The fourth-order valence-corrected chi connectivity index (χ4v) is 3.47. The van der Waals surface area contributed by atoms with Gasteiger partial charge in [0.15, 0.2) is 11.4 Å². The summed E-state index contributed by atoms with van der Waals surface area (Å²) in [4.78, 5) is 19.5. The molecule has 0 N–H and O–H groups in total. The van der Waals surface area contributed by atoms with Crippen LogP contribution in [0, 0.1) is 6.92 Å². The molecular formula is C13H16N2OS2. The van der Waals surface area contributed by atoms with E-state index in [9.17, 15) is 4.79 Å². The number of carbonyl (C=O) groups is 1. The van der Waals surface area contributed by atoms with Crippen LogP contribution in [0.1, 0.15) is 27.2 Å². The molecule has 1 unspecified atom stereocenters. The molecule has 0 amide bonds. The number of aromatic nitrogens is 1. The van der Waals surface area contributed by atoms with E-state index in [1.807, 2.05) is 14.0 Å². The van der Waals surface area contributed by atoms with E-state index in [1.54, 1.807) is 11.3 Å². The fraction of sp³-hybridized carbons (Fsp3) is 0.385. The van der Waals surface area contributed by atoms with E-state index in [0.29, 0.717) is 6.04 Å². The third-order valence-corrected chi connectivity index (χ3v) is 5.04. The Morgan fingerprint density at radius 3 is 2.89 bits per heavy atom. The fourth-order valence-electron chi connectivity index (χ4n) is 1.70. The quantitative estimate of drug-likeness (QED) is 0.787. The van der Waals surface area contributed by atoms with Gasteiger partial charge in [-0.3, -0.25) is 4.79 Å². The highest BCUT2D eigenvalue weighted by Gasteiger charge is 2.16. The lowest BCUT2D eigenvalue weighted by Crippen LogP contribution is -2.30. The molecule has 0 saturated carbocycles. The van der Waals surface area contributed by atoms with E-state index >= 15 is 0 Å². The van der Waals surface area contributed by atoms with Crippen LogP contribution >= 0.6 is 22.7 Å². The molecule has 18 heavy (non-hydrogen) atoms. The summed E-state index contributed by atoms with van der Waals surface area (Å²) >= 11 is 3.24. The van der Waals surface area contributed by atoms with Gasteiger partial charge in [-0.05, 0) is 25.3 Å². The molecule has 96 valence electrons. The van der Waals surface area contributed by atoms with Crippen LogP contribution in [0.25, 0.3) is 0 Å². The number of nitrogens with zero attached hydrogens (tertiary/aromatic N) is 2. The van der Waals surface area contributed by atoms with Crippen molar-refractivity contribution in [1.82, 2.24) is 4.98 Å². The molecule has 0 spiro atoms. The maximum Gasteiger partial charge on any atom is 0.186 e. The van der Waals surface area contributed by atoms with Crippen molar-refractivity contribution in [2.75, 3.05) is 11.9 Å². The number of rotatable bonds is 5. The van der Waals surface area contributed by atoms with E-state index in [2.05, 4.69) is 34.3 Å². The van der Waals surface area contributed by atoms with Crippen LogP contribution in [0.15, 0.2) is 17.5 Å². The summed E-state index contributed by atoms with van der Waals surface area (Å²) in [6.07, 6.45) is 1.89. The summed E-state index contributed by atoms with van der Waals surface area (Å²) < 4.78 is 0. The van der Waals surface area contributed by atoms with Gasteiger partial charge in [0.1, 0.15) is 0 Å². The first-order chi connectivity index (χ1) is 8.61. The molecule has 5 heteroatoms. The highest BCUT2D eigenvalue weighted by molar-refractivity contribution is 7.17. The van der Waals surface area contributed by atoms with Gasteiger partial charge in [-0.25, -0.2) is 4.98 Å². The van der Waals surface area contributed by atoms with Gasteiger partial charge in [0.05, 0.1) is 10.6 Å². The maximum absolute atomic E-state index is 10.8. The monoisotopic (exact) mass is 280 g/mol. The van der Waals surface area contributed by atoms with Gasteiger partial charge < -0.3 is 4.90 Å². The molecule has 0 fully saturated rings. The van der Waals surface area contributed by atoms with Crippen LogP contribution in [0.5, 0.6) is 0 Å². The molecule has 0 aliphatic rings. The number of aldehydes is 1. The highest BCUT2D eigenvalue weighted by Crippen LogP contribution is 2.26. The lowest BCUT2D eigenvalue weighted by atomic mass is 10.2. The summed E-state index contributed by atoms with van der Waals surface area (Å²) in [5.74, 6) is 0. The minimum absolute atomic E-state index is 0.369. The van der Waals surface area contributed by atoms with Gasteiger partial charge in [-0.2, -0.15) is 0 Å². The number of hydrogen-bond donors (Lipinski definition) is 0. The third-order valence-electron chi connectivity index (χ3n) is 2.97. The lowest BCUT2D eigenvalue weighted by molar-refractivity contribution is 0.112. The molecule has 2 aromatic heterocycles. The van der Waals surface area contributed by atoms with Crippen LogP contribution in [-0.2, 0) is 6.42 Å². The van der Waals surface area contributed by atoms with Crippen molar-refractivity contribution in [3.8, 4) is 0 Å². The minimum Gasteiger partial charge on any atom is -0.348 e. The molecule has 0 aliphatic heterocycles. The van der Waals surface area contributed by atoms with Crippen molar-refractivity contribution >= 4 is 34.1 Å².